The molecule has 3 atom stereocenters. The Balaban J connectivity index is 2.23. The summed E-state index contributed by atoms with van der Waals surface area (Å²) in [5.74, 6) is -4.49. The molecule has 1 saturated carbocycles. The van der Waals surface area contributed by atoms with Crippen molar-refractivity contribution < 1.29 is 24.6 Å². The second-order valence-corrected chi connectivity index (χ2v) is 6.38. The zero-order valence-electron chi connectivity index (χ0n) is 13.6. The summed E-state index contributed by atoms with van der Waals surface area (Å²) in [6, 6.07) is 7.83. The van der Waals surface area contributed by atoms with Gasteiger partial charge in [0.15, 0.2) is 0 Å². The molecular formula is C18H23NO5. The van der Waals surface area contributed by atoms with Crippen molar-refractivity contribution in [3.8, 4) is 0 Å². The van der Waals surface area contributed by atoms with Crippen LogP contribution in [0.2, 0.25) is 0 Å². The molecule has 0 aromatic heterocycles. The van der Waals surface area contributed by atoms with Crippen LogP contribution in [0.25, 0.3) is 0 Å². The molecule has 3 N–H and O–H groups in total. The number of nitrogens with one attached hydrogen (secondary N) is 1. The molecule has 0 bridgehead atoms. The normalized spacial score (nSPS) is 18.5. The van der Waals surface area contributed by atoms with Crippen LogP contribution in [0, 0.1) is 11.8 Å². The summed E-state index contributed by atoms with van der Waals surface area (Å²) < 4.78 is 0. The fraction of sp³-hybridized carbons (Fsp3) is 0.500. The molecule has 6 heteroatoms. The van der Waals surface area contributed by atoms with Gasteiger partial charge in [0.1, 0.15) is 6.04 Å². The van der Waals surface area contributed by atoms with Crippen molar-refractivity contribution in [1.82, 2.24) is 5.32 Å². The lowest BCUT2D eigenvalue weighted by atomic mass is 9.83. The van der Waals surface area contributed by atoms with E-state index in [2.05, 4.69) is 5.32 Å². The summed E-state index contributed by atoms with van der Waals surface area (Å²) in [6.07, 6.45) is 3.93. The van der Waals surface area contributed by atoms with Gasteiger partial charge in [0.05, 0.1) is 11.8 Å². The monoisotopic (exact) mass is 333 g/mol. The van der Waals surface area contributed by atoms with Crippen molar-refractivity contribution >= 4 is 17.8 Å². The first-order chi connectivity index (χ1) is 11.4. The Morgan fingerprint density at radius 3 is 2.12 bits per heavy atom. The molecular weight excluding hydrogens is 310 g/mol. The van der Waals surface area contributed by atoms with E-state index in [0.717, 1.165) is 31.2 Å². The maximum atomic E-state index is 12.8. The molecule has 130 valence electrons. The summed E-state index contributed by atoms with van der Waals surface area (Å²) in [5.41, 5.74) is 0.842. The molecule has 24 heavy (non-hydrogen) atoms. The lowest BCUT2D eigenvalue weighted by molar-refractivity contribution is -0.151. The fourth-order valence-electron chi connectivity index (χ4n) is 3.37. The van der Waals surface area contributed by atoms with E-state index in [4.69, 9.17) is 5.11 Å². The molecule has 2 unspecified atom stereocenters. The zero-order valence-corrected chi connectivity index (χ0v) is 13.6. The smallest absolute Gasteiger partial charge is 0.327 e. The minimum absolute atomic E-state index is 0.155. The van der Waals surface area contributed by atoms with Gasteiger partial charge in [-0.2, -0.15) is 0 Å². The zero-order chi connectivity index (χ0) is 17.7. The van der Waals surface area contributed by atoms with Gasteiger partial charge in [-0.05, 0) is 31.2 Å². The van der Waals surface area contributed by atoms with Crippen LogP contribution in [-0.4, -0.2) is 34.1 Å². The third-order valence-electron chi connectivity index (χ3n) is 4.77. The highest BCUT2D eigenvalue weighted by Gasteiger charge is 2.37. The Hall–Kier alpha value is -2.37. The molecule has 0 heterocycles. The number of amides is 1. The first-order valence-electron chi connectivity index (χ1n) is 8.22. The van der Waals surface area contributed by atoms with Crippen LogP contribution in [0.15, 0.2) is 30.3 Å². The molecule has 0 saturated heterocycles. The van der Waals surface area contributed by atoms with Gasteiger partial charge in [0.2, 0.25) is 5.91 Å². The van der Waals surface area contributed by atoms with E-state index in [1.807, 2.05) is 30.3 Å². The first kappa shape index (κ1) is 18.0. The largest absolute Gasteiger partial charge is 0.481 e. The van der Waals surface area contributed by atoms with E-state index in [0.29, 0.717) is 0 Å². The maximum absolute atomic E-state index is 12.8. The average Bonchev–Trinajstić information content (AvgIpc) is 3.07. The van der Waals surface area contributed by atoms with Gasteiger partial charge in [-0.25, -0.2) is 4.79 Å². The number of carbonyl (C=O) groups excluding carboxylic acids is 1. The Morgan fingerprint density at radius 1 is 1.04 bits per heavy atom. The van der Waals surface area contributed by atoms with Crippen LogP contribution in [0.4, 0.5) is 0 Å². The molecule has 1 fully saturated rings. The minimum Gasteiger partial charge on any atom is -0.481 e. The quantitative estimate of drug-likeness (QED) is 0.710. The third-order valence-corrected chi connectivity index (χ3v) is 4.77. The van der Waals surface area contributed by atoms with E-state index in [-0.39, 0.29) is 5.92 Å². The van der Waals surface area contributed by atoms with Crippen LogP contribution in [0.5, 0.6) is 0 Å². The van der Waals surface area contributed by atoms with Crippen molar-refractivity contribution in [2.24, 2.45) is 11.8 Å². The Labute approximate surface area is 140 Å². The highest BCUT2D eigenvalue weighted by Crippen LogP contribution is 2.37. The van der Waals surface area contributed by atoms with E-state index in [1.165, 1.54) is 6.92 Å². The lowest BCUT2D eigenvalue weighted by Gasteiger charge is -2.26. The van der Waals surface area contributed by atoms with E-state index >= 15 is 0 Å². The average molecular weight is 333 g/mol. The molecule has 1 aromatic rings. The van der Waals surface area contributed by atoms with Gasteiger partial charge in [-0.15, -0.1) is 0 Å². The van der Waals surface area contributed by atoms with Crippen LogP contribution < -0.4 is 5.32 Å². The van der Waals surface area contributed by atoms with Gasteiger partial charge < -0.3 is 15.5 Å². The van der Waals surface area contributed by atoms with Crippen LogP contribution in [-0.2, 0) is 14.4 Å². The number of benzene rings is 1. The van der Waals surface area contributed by atoms with Gasteiger partial charge >= 0.3 is 11.9 Å². The topological polar surface area (TPSA) is 104 Å². The molecule has 1 aliphatic carbocycles. The van der Waals surface area contributed by atoms with Crippen molar-refractivity contribution in [2.75, 3.05) is 0 Å². The van der Waals surface area contributed by atoms with Crippen LogP contribution in [0.3, 0.4) is 0 Å². The van der Waals surface area contributed by atoms with Gasteiger partial charge in [0, 0.05) is 0 Å². The second kappa shape index (κ2) is 7.95. The molecule has 6 nitrogen and oxygen atoms in total. The predicted octanol–water partition coefficient (Wildman–Crippen LogP) is 2.25. The van der Waals surface area contributed by atoms with E-state index in [9.17, 15) is 19.5 Å². The number of hydrogen-bond acceptors (Lipinski definition) is 3. The minimum atomic E-state index is -1.44. The number of aliphatic carboxylic acids is 2. The predicted molar refractivity (Wildman–Crippen MR) is 87.5 cm³/mol. The van der Waals surface area contributed by atoms with Crippen molar-refractivity contribution in [1.29, 1.82) is 0 Å². The summed E-state index contributed by atoms with van der Waals surface area (Å²) in [6.45, 7) is 1.29. The summed E-state index contributed by atoms with van der Waals surface area (Å²) >= 11 is 0. The maximum Gasteiger partial charge on any atom is 0.327 e. The van der Waals surface area contributed by atoms with E-state index < -0.39 is 35.7 Å². The molecule has 0 aliphatic heterocycles. The SMILES string of the molecule is CC(C(=O)O)[C@H](NC(=O)C(c1ccccc1)C1CCCC1)C(=O)O. The Morgan fingerprint density at radius 2 is 1.62 bits per heavy atom. The molecule has 1 amide bonds. The standard InChI is InChI=1S/C18H23NO5/c1-11(17(21)22)15(18(23)24)19-16(20)14(13-9-5-6-10-13)12-7-3-2-4-8-12/h2-4,7-8,11,13-15H,5-6,9-10H2,1H3,(H,19,20)(H,21,22)(H,23,24)/t11?,14?,15-/m0/s1. The molecule has 1 aliphatic rings. The van der Waals surface area contributed by atoms with Gasteiger partial charge in [-0.3, -0.25) is 9.59 Å². The summed E-state index contributed by atoms with van der Waals surface area (Å²) in [4.78, 5) is 35.3. The molecule has 0 radical (unpaired) electrons. The Kier molecular flexibility index (Phi) is 5.95. The van der Waals surface area contributed by atoms with Crippen molar-refractivity contribution in [3.05, 3.63) is 35.9 Å². The highest BCUT2D eigenvalue weighted by atomic mass is 16.4. The summed E-state index contributed by atoms with van der Waals surface area (Å²) in [7, 11) is 0. The number of carboxylic acid groups (broad SMARTS) is 2. The van der Waals surface area contributed by atoms with E-state index in [1.54, 1.807) is 0 Å². The highest BCUT2D eigenvalue weighted by molar-refractivity contribution is 5.91. The first-order valence-corrected chi connectivity index (χ1v) is 8.22. The molecule has 2 rings (SSSR count). The third kappa shape index (κ3) is 4.13. The fourth-order valence-corrected chi connectivity index (χ4v) is 3.37. The van der Waals surface area contributed by atoms with Crippen LogP contribution in [0.1, 0.15) is 44.1 Å². The van der Waals surface area contributed by atoms with Crippen LogP contribution >= 0.6 is 0 Å². The van der Waals surface area contributed by atoms with Gasteiger partial charge in [-0.1, -0.05) is 43.2 Å². The lowest BCUT2D eigenvalue weighted by Crippen LogP contribution is -2.49. The van der Waals surface area contributed by atoms with Crippen molar-refractivity contribution in [2.45, 2.75) is 44.6 Å². The number of carboxylic acids is 2. The second-order valence-electron chi connectivity index (χ2n) is 6.38. The number of rotatable bonds is 7. The van der Waals surface area contributed by atoms with Crippen molar-refractivity contribution in [3.63, 3.8) is 0 Å². The molecule has 0 spiro atoms. The Bertz CT molecular complexity index is 595. The summed E-state index contributed by atoms with van der Waals surface area (Å²) in [5, 5.41) is 20.8. The number of carbonyl (C=O) groups is 3. The van der Waals surface area contributed by atoms with Gasteiger partial charge in [0.25, 0.3) is 0 Å². The number of hydrogen-bond donors (Lipinski definition) is 3. The molecule has 1 aromatic carbocycles.